The second-order valence-electron chi connectivity index (χ2n) is 7.00. The summed E-state index contributed by atoms with van der Waals surface area (Å²) in [6.07, 6.45) is 0.343. The standard InChI is InChI=1S/C19H25BrN4O5/c1-11(2)15(22-19(28)29-3)17(26)24-9-5-8-14(24)16(25)23-18(27)21-13-7-4-6-12(20)10-13/h4,6-7,10-11,14-15H,5,8-9H2,1-3H3,(H,22,28)(H2,21,23,25,27)/t14?,15-/m0/s1. The predicted octanol–water partition coefficient (Wildman–Crippen LogP) is 2.47. The Morgan fingerprint density at radius 1 is 1.24 bits per heavy atom. The van der Waals surface area contributed by atoms with Crippen molar-refractivity contribution in [2.75, 3.05) is 19.0 Å². The Balaban J connectivity index is 2.02. The second kappa shape index (κ2) is 10.2. The van der Waals surface area contributed by atoms with Crippen LogP contribution in [0.3, 0.4) is 0 Å². The average molecular weight is 469 g/mol. The van der Waals surface area contributed by atoms with Gasteiger partial charge in [-0.1, -0.05) is 35.8 Å². The van der Waals surface area contributed by atoms with E-state index in [1.54, 1.807) is 32.0 Å². The molecule has 1 aliphatic rings. The quantitative estimate of drug-likeness (QED) is 0.613. The molecule has 5 amide bonds. The van der Waals surface area contributed by atoms with Crippen LogP contribution in [0.1, 0.15) is 26.7 Å². The predicted molar refractivity (Wildman–Crippen MR) is 110 cm³/mol. The van der Waals surface area contributed by atoms with Gasteiger partial charge < -0.3 is 20.3 Å². The zero-order valence-corrected chi connectivity index (χ0v) is 18.1. The lowest BCUT2D eigenvalue weighted by Gasteiger charge is -2.30. The van der Waals surface area contributed by atoms with Gasteiger partial charge in [0, 0.05) is 16.7 Å². The number of hydrogen-bond acceptors (Lipinski definition) is 5. The number of hydrogen-bond donors (Lipinski definition) is 3. The van der Waals surface area contributed by atoms with Crippen molar-refractivity contribution in [2.45, 2.75) is 38.8 Å². The first-order chi connectivity index (χ1) is 13.7. The SMILES string of the molecule is COC(=O)N[C@H](C(=O)N1CCCC1C(=O)NC(=O)Nc1cccc(Br)c1)C(C)C. The lowest BCUT2D eigenvalue weighted by Crippen LogP contribution is -2.55. The van der Waals surface area contributed by atoms with E-state index in [4.69, 9.17) is 0 Å². The van der Waals surface area contributed by atoms with Crippen LogP contribution in [-0.4, -0.2) is 54.6 Å². The van der Waals surface area contributed by atoms with Gasteiger partial charge in [-0.25, -0.2) is 9.59 Å². The Morgan fingerprint density at radius 2 is 1.97 bits per heavy atom. The van der Waals surface area contributed by atoms with Gasteiger partial charge >= 0.3 is 12.1 Å². The van der Waals surface area contributed by atoms with Gasteiger partial charge in [0.25, 0.3) is 5.91 Å². The number of benzene rings is 1. The molecule has 1 saturated heterocycles. The first-order valence-corrected chi connectivity index (χ1v) is 10.0. The van der Waals surface area contributed by atoms with Crippen LogP contribution in [0.2, 0.25) is 0 Å². The molecule has 0 aliphatic carbocycles. The number of rotatable bonds is 5. The van der Waals surface area contributed by atoms with Crippen molar-refractivity contribution in [3.63, 3.8) is 0 Å². The Hall–Kier alpha value is -2.62. The zero-order valence-electron chi connectivity index (χ0n) is 16.5. The third-order valence-corrected chi connectivity index (χ3v) is 5.04. The van der Waals surface area contributed by atoms with Crippen molar-refractivity contribution < 1.29 is 23.9 Å². The van der Waals surface area contributed by atoms with Gasteiger partial charge in [-0.3, -0.25) is 14.9 Å². The molecular formula is C19H25BrN4O5. The molecule has 9 nitrogen and oxygen atoms in total. The molecule has 1 fully saturated rings. The minimum atomic E-state index is -0.827. The molecule has 2 atom stereocenters. The summed E-state index contributed by atoms with van der Waals surface area (Å²) in [5, 5.41) is 7.38. The minimum Gasteiger partial charge on any atom is -0.453 e. The number of amides is 5. The Kier molecular flexibility index (Phi) is 8.00. The molecule has 1 heterocycles. The summed E-state index contributed by atoms with van der Waals surface area (Å²) in [4.78, 5) is 50.7. The Morgan fingerprint density at radius 3 is 2.59 bits per heavy atom. The molecule has 1 aliphatic heterocycles. The van der Waals surface area contributed by atoms with Crippen LogP contribution >= 0.6 is 15.9 Å². The second-order valence-corrected chi connectivity index (χ2v) is 7.92. The van der Waals surface area contributed by atoms with Crippen molar-refractivity contribution in [1.82, 2.24) is 15.5 Å². The maximum absolute atomic E-state index is 12.9. The average Bonchev–Trinajstić information content (AvgIpc) is 3.15. The molecule has 29 heavy (non-hydrogen) atoms. The summed E-state index contributed by atoms with van der Waals surface area (Å²) < 4.78 is 5.36. The molecule has 1 unspecified atom stereocenters. The molecule has 0 radical (unpaired) electrons. The van der Waals surface area contributed by atoms with Crippen molar-refractivity contribution in [3.05, 3.63) is 28.7 Å². The van der Waals surface area contributed by atoms with Gasteiger partial charge in [0.1, 0.15) is 12.1 Å². The van der Waals surface area contributed by atoms with Crippen LogP contribution in [-0.2, 0) is 14.3 Å². The molecule has 0 bridgehead atoms. The van der Waals surface area contributed by atoms with E-state index in [0.29, 0.717) is 25.1 Å². The van der Waals surface area contributed by atoms with E-state index in [1.165, 1.54) is 12.0 Å². The first kappa shape index (κ1) is 22.7. The third kappa shape index (κ3) is 6.18. The number of anilines is 1. The molecule has 0 spiro atoms. The molecule has 158 valence electrons. The highest BCUT2D eigenvalue weighted by Gasteiger charge is 2.39. The third-order valence-electron chi connectivity index (χ3n) is 4.55. The number of nitrogens with one attached hydrogen (secondary N) is 3. The fourth-order valence-electron chi connectivity index (χ4n) is 3.10. The van der Waals surface area contributed by atoms with E-state index in [2.05, 4.69) is 36.6 Å². The number of nitrogens with zero attached hydrogens (tertiary/aromatic N) is 1. The van der Waals surface area contributed by atoms with Crippen molar-refractivity contribution in [3.8, 4) is 0 Å². The number of urea groups is 1. The normalized spacial score (nSPS) is 16.9. The van der Waals surface area contributed by atoms with E-state index in [0.717, 1.165) is 4.47 Å². The number of carbonyl (C=O) groups excluding carboxylic acids is 4. The van der Waals surface area contributed by atoms with Crippen molar-refractivity contribution >= 4 is 45.6 Å². The van der Waals surface area contributed by atoms with Gasteiger partial charge in [-0.05, 0) is 37.0 Å². The lowest BCUT2D eigenvalue weighted by atomic mass is 10.0. The van der Waals surface area contributed by atoms with Gasteiger partial charge in [-0.2, -0.15) is 0 Å². The van der Waals surface area contributed by atoms with E-state index < -0.39 is 30.1 Å². The summed E-state index contributed by atoms with van der Waals surface area (Å²) in [6.45, 7) is 3.94. The number of halogens is 1. The highest BCUT2D eigenvalue weighted by Crippen LogP contribution is 2.21. The molecule has 1 aromatic carbocycles. The van der Waals surface area contributed by atoms with Crippen LogP contribution in [0.15, 0.2) is 28.7 Å². The molecule has 0 aromatic heterocycles. The van der Waals surface area contributed by atoms with Crippen LogP contribution in [0, 0.1) is 5.92 Å². The number of carbonyl (C=O) groups is 4. The van der Waals surface area contributed by atoms with Gasteiger partial charge in [-0.15, -0.1) is 0 Å². The van der Waals surface area contributed by atoms with E-state index in [-0.39, 0.29) is 11.8 Å². The van der Waals surface area contributed by atoms with Crippen LogP contribution in [0.5, 0.6) is 0 Å². The largest absolute Gasteiger partial charge is 0.453 e. The molecule has 2 rings (SSSR count). The summed E-state index contributed by atoms with van der Waals surface area (Å²) in [7, 11) is 1.22. The molecule has 1 aromatic rings. The fourth-order valence-corrected chi connectivity index (χ4v) is 3.50. The van der Waals surface area contributed by atoms with E-state index in [9.17, 15) is 19.2 Å². The van der Waals surface area contributed by atoms with Crippen molar-refractivity contribution in [1.29, 1.82) is 0 Å². The Labute approximate surface area is 177 Å². The van der Waals surface area contributed by atoms with Crippen LogP contribution in [0.25, 0.3) is 0 Å². The molecule has 0 saturated carbocycles. The van der Waals surface area contributed by atoms with Gasteiger partial charge in [0.05, 0.1) is 7.11 Å². The smallest absolute Gasteiger partial charge is 0.407 e. The van der Waals surface area contributed by atoms with Gasteiger partial charge in [0.2, 0.25) is 5.91 Å². The lowest BCUT2D eigenvalue weighted by molar-refractivity contribution is -0.140. The first-order valence-electron chi connectivity index (χ1n) is 9.25. The number of likely N-dealkylation sites (tertiary alicyclic amines) is 1. The number of imide groups is 1. The van der Waals surface area contributed by atoms with Crippen molar-refractivity contribution in [2.24, 2.45) is 5.92 Å². The highest BCUT2D eigenvalue weighted by atomic mass is 79.9. The zero-order chi connectivity index (χ0) is 21.6. The maximum atomic E-state index is 12.9. The monoisotopic (exact) mass is 468 g/mol. The fraction of sp³-hybridized carbons (Fsp3) is 0.474. The highest BCUT2D eigenvalue weighted by molar-refractivity contribution is 9.10. The minimum absolute atomic E-state index is 0.203. The topological polar surface area (TPSA) is 117 Å². The van der Waals surface area contributed by atoms with Gasteiger partial charge in [0.15, 0.2) is 0 Å². The number of methoxy groups -OCH3 is 1. The summed E-state index contributed by atoms with van der Waals surface area (Å²) in [5.41, 5.74) is 0.520. The summed E-state index contributed by atoms with van der Waals surface area (Å²) >= 11 is 3.31. The molecular weight excluding hydrogens is 444 g/mol. The number of alkyl carbamates (subject to hydrolysis) is 1. The van der Waals surface area contributed by atoms with Crippen LogP contribution in [0.4, 0.5) is 15.3 Å². The summed E-state index contributed by atoms with van der Waals surface area (Å²) in [5.74, 6) is -1.15. The Bertz CT molecular complexity index is 786. The molecule has 10 heteroatoms. The van der Waals surface area contributed by atoms with E-state index in [1.807, 2.05) is 6.07 Å². The summed E-state index contributed by atoms with van der Waals surface area (Å²) in [6, 6.07) is 4.65. The maximum Gasteiger partial charge on any atom is 0.407 e. The van der Waals surface area contributed by atoms with E-state index >= 15 is 0 Å². The van der Waals surface area contributed by atoms with Crippen LogP contribution < -0.4 is 16.0 Å². The number of ether oxygens (including phenoxy) is 1. The molecule has 3 N–H and O–H groups in total.